The number of aromatic nitrogens is 1. The van der Waals surface area contributed by atoms with Gasteiger partial charge in [-0.25, -0.2) is 0 Å². The molecule has 0 radical (unpaired) electrons. The molecule has 0 atom stereocenters. The van der Waals surface area contributed by atoms with Crippen molar-refractivity contribution in [3.63, 3.8) is 0 Å². The molecule has 0 aliphatic carbocycles. The number of rotatable bonds is 3. The summed E-state index contributed by atoms with van der Waals surface area (Å²) < 4.78 is 2.00. The fourth-order valence-corrected chi connectivity index (χ4v) is 4.48. The Balaban J connectivity index is 1.79. The lowest BCUT2D eigenvalue weighted by Gasteiger charge is -2.29. The van der Waals surface area contributed by atoms with E-state index in [0.29, 0.717) is 16.3 Å². The van der Waals surface area contributed by atoms with Crippen LogP contribution in [0.15, 0.2) is 54.1 Å². The van der Waals surface area contributed by atoms with Crippen LogP contribution < -0.4 is 10.2 Å². The van der Waals surface area contributed by atoms with Gasteiger partial charge in [0, 0.05) is 22.1 Å². The first kappa shape index (κ1) is 22.6. The van der Waals surface area contributed by atoms with Crippen molar-refractivity contribution in [2.24, 2.45) is 0 Å². The molecule has 1 aliphatic heterocycles. The number of nitrogens with zero attached hydrogens (tertiary/aromatic N) is 2. The first-order valence-corrected chi connectivity index (χ1v) is 11.0. The third-order valence-corrected chi connectivity index (χ3v) is 6.44. The average Bonchev–Trinajstić information content (AvgIpc) is 3.01. The maximum absolute atomic E-state index is 13.3. The van der Waals surface area contributed by atoms with Crippen molar-refractivity contribution < 1.29 is 9.59 Å². The smallest absolute Gasteiger partial charge is 0.270 e. The molecule has 2 amide bonds. The zero-order chi connectivity index (χ0) is 23.2. The summed E-state index contributed by atoms with van der Waals surface area (Å²) >= 11 is 23.8. The predicted octanol–water partition coefficient (Wildman–Crippen LogP) is 5.89. The molecule has 4 rings (SSSR count). The highest BCUT2D eigenvalue weighted by atomic mass is 35.5. The molecule has 1 aromatic heterocycles. The lowest BCUT2D eigenvalue weighted by Crippen LogP contribution is -2.54. The van der Waals surface area contributed by atoms with Gasteiger partial charge in [0.2, 0.25) is 0 Å². The first-order valence-electron chi connectivity index (χ1n) is 9.49. The molecule has 0 bridgehead atoms. The summed E-state index contributed by atoms with van der Waals surface area (Å²) in [4.78, 5) is 27.2. The summed E-state index contributed by atoms with van der Waals surface area (Å²) in [6.45, 7) is 3.84. The van der Waals surface area contributed by atoms with Gasteiger partial charge in [0.1, 0.15) is 5.57 Å². The molecule has 9 heteroatoms. The van der Waals surface area contributed by atoms with Crippen molar-refractivity contribution in [3.05, 3.63) is 86.1 Å². The molecule has 2 heterocycles. The Morgan fingerprint density at radius 2 is 1.72 bits per heavy atom. The van der Waals surface area contributed by atoms with Gasteiger partial charge < -0.3 is 4.57 Å². The summed E-state index contributed by atoms with van der Waals surface area (Å²) in [6.07, 6.45) is 1.55. The lowest BCUT2D eigenvalue weighted by molar-refractivity contribution is -0.122. The molecule has 0 spiro atoms. The van der Waals surface area contributed by atoms with Gasteiger partial charge in [0.25, 0.3) is 11.8 Å². The fraction of sp³-hybridized carbons (Fsp3) is 0.0870. The highest BCUT2D eigenvalue weighted by Crippen LogP contribution is 2.34. The molecule has 3 aromatic rings. The maximum atomic E-state index is 13.3. The fourth-order valence-electron chi connectivity index (χ4n) is 3.64. The van der Waals surface area contributed by atoms with Crippen LogP contribution in [-0.4, -0.2) is 21.5 Å². The van der Waals surface area contributed by atoms with Gasteiger partial charge in [-0.1, -0.05) is 46.9 Å². The Labute approximate surface area is 205 Å². The Morgan fingerprint density at radius 3 is 2.44 bits per heavy atom. The normalized spacial score (nSPS) is 15.5. The van der Waals surface area contributed by atoms with Crippen molar-refractivity contribution >= 4 is 75.7 Å². The number of aryl methyl sites for hydroxylation is 1. The van der Waals surface area contributed by atoms with Crippen LogP contribution in [0.25, 0.3) is 11.8 Å². The largest absolute Gasteiger partial charge is 0.318 e. The summed E-state index contributed by atoms with van der Waals surface area (Å²) in [5.74, 6) is -1.17. The van der Waals surface area contributed by atoms with E-state index in [1.807, 2.05) is 42.7 Å². The van der Waals surface area contributed by atoms with Gasteiger partial charge in [0.05, 0.1) is 15.7 Å². The minimum atomic E-state index is -0.588. The average molecular weight is 505 g/mol. The van der Waals surface area contributed by atoms with Crippen molar-refractivity contribution in [2.75, 3.05) is 4.90 Å². The van der Waals surface area contributed by atoms with Crippen molar-refractivity contribution in [3.8, 4) is 5.69 Å². The Bertz CT molecular complexity index is 1330. The molecule has 2 aromatic carbocycles. The summed E-state index contributed by atoms with van der Waals surface area (Å²) in [7, 11) is 0. The molecule has 5 nitrogen and oxygen atoms in total. The molecular formula is C23H16Cl3N3O2S. The van der Waals surface area contributed by atoms with Gasteiger partial charge >= 0.3 is 0 Å². The maximum Gasteiger partial charge on any atom is 0.270 e. The van der Waals surface area contributed by atoms with E-state index in [2.05, 4.69) is 5.32 Å². The lowest BCUT2D eigenvalue weighted by atomic mass is 10.1. The van der Waals surface area contributed by atoms with Crippen molar-refractivity contribution in [2.45, 2.75) is 13.8 Å². The van der Waals surface area contributed by atoms with Crippen LogP contribution in [0.3, 0.4) is 0 Å². The van der Waals surface area contributed by atoms with Gasteiger partial charge in [0.15, 0.2) is 5.11 Å². The SMILES string of the molecule is Cc1cc(/C=C2\C(=O)NC(=S)N(c3cccc(Cl)c3Cl)C2=O)c(C)n1-c1cccc(Cl)c1. The van der Waals surface area contributed by atoms with Crippen LogP contribution in [0.4, 0.5) is 5.69 Å². The Morgan fingerprint density at radius 1 is 1.00 bits per heavy atom. The van der Waals surface area contributed by atoms with E-state index in [4.69, 9.17) is 47.0 Å². The van der Waals surface area contributed by atoms with Crippen LogP contribution in [-0.2, 0) is 9.59 Å². The number of benzene rings is 2. The molecule has 0 saturated carbocycles. The second-order valence-electron chi connectivity index (χ2n) is 7.17. The summed E-state index contributed by atoms with van der Waals surface area (Å²) in [5.41, 5.74) is 3.59. The highest BCUT2D eigenvalue weighted by Gasteiger charge is 2.36. The Hall–Kier alpha value is -2.64. The molecule has 1 saturated heterocycles. The minimum absolute atomic E-state index is 0.0642. The number of carbonyl (C=O) groups is 2. The highest BCUT2D eigenvalue weighted by molar-refractivity contribution is 7.80. The topological polar surface area (TPSA) is 54.3 Å². The minimum Gasteiger partial charge on any atom is -0.318 e. The molecule has 162 valence electrons. The van der Waals surface area contributed by atoms with Gasteiger partial charge in [-0.05, 0) is 74.1 Å². The number of hydrogen-bond donors (Lipinski definition) is 1. The third kappa shape index (κ3) is 3.95. The van der Waals surface area contributed by atoms with Crippen LogP contribution in [0.1, 0.15) is 17.0 Å². The van der Waals surface area contributed by atoms with Crippen LogP contribution in [0.2, 0.25) is 15.1 Å². The van der Waals surface area contributed by atoms with E-state index in [-0.39, 0.29) is 20.7 Å². The molecule has 0 unspecified atom stereocenters. The van der Waals surface area contributed by atoms with E-state index in [1.54, 1.807) is 30.3 Å². The number of nitrogens with one attached hydrogen (secondary N) is 1. The number of halogens is 3. The van der Waals surface area contributed by atoms with E-state index in [0.717, 1.165) is 17.1 Å². The second kappa shape index (κ2) is 8.71. The van der Waals surface area contributed by atoms with Crippen LogP contribution in [0.5, 0.6) is 0 Å². The zero-order valence-electron chi connectivity index (χ0n) is 16.9. The van der Waals surface area contributed by atoms with Gasteiger partial charge in [-0.2, -0.15) is 0 Å². The third-order valence-electron chi connectivity index (χ3n) is 5.11. The van der Waals surface area contributed by atoms with E-state index >= 15 is 0 Å². The van der Waals surface area contributed by atoms with Gasteiger partial charge in [-0.15, -0.1) is 0 Å². The van der Waals surface area contributed by atoms with E-state index in [9.17, 15) is 9.59 Å². The molecule has 1 fully saturated rings. The first-order chi connectivity index (χ1) is 15.2. The standard InChI is InChI=1S/C23H16Cl3N3O2S/c1-12-9-14(13(2)28(12)16-6-3-5-15(24)11-16)10-17-21(30)27-23(32)29(22(17)31)19-8-4-7-18(25)20(19)26/h3-11H,1-2H3,(H,27,30,32)/b17-10+. The van der Waals surface area contributed by atoms with Gasteiger partial charge in [-0.3, -0.25) is 19.8 Å². The predicted molar refractivity (Wildman–Crippen MR) is 133 cm³/mol. The molecular weight excluding hydrogens is 489 g/mol. The molecule has 1 N–H and O–H groups in total. The van der Waals surface area contributed by atoms with Crippen LogP contribution in [0, 0.1) is 13.8 Å². The summed E-state index contributed by atoms with van der Waals surface area (Å²) in [6, 6.07) is 14.2. The van der Waals surface area contributed by atoms with Crippen molar-refractivity contribution in [1.82, 2.24) is 9.88 Å². The monoisotopic (exact) mass is 503 g/mol. The number of carbonyl (C=O) groups excluding carboxylic acids is 2. The number of hydrogen-bond acceptors (Lipinski definition) is 3. The zero-order valence-corrected chi connectivity index (χ0v) is 20.0. The summed E-state index contributed by atoms with van der Waals surface area (Å²) in [5, 5.41) is 3.54. The number of amides is 2. The van der Waals surface area contributed by atoms with Crippen molar-refractivity contribution in [1.29, 1.82) is 0 Å². The molecule has 1 aliphatic rings. The molecule has 32 heavy (non-hydrogen) atoms. The van der Waals surface area contributed by atoms with E-state index < -0.39 is 11.8 Å². The number of thiocarbonyl (C=S) groups is 1. The second-order valence-corrected chi connectivity index (χ2v) is 8.78. The quantitative estimate of drug-likeness (QED) is 0.275. The van der Waals surface area contributed by atoms with Crippen LogP contribution >= 0.6 is 47.0 Å². The van der Waals surface area contributed by atoms with E-state index in [1.165, 1.54) is 4.90 Å². The number of anilines is 1. The Kier molecular flexibility index (Phi) is 6.14.